The van der Waals surface area contributed by atoms with Crippen LogP contribution in [0.15, 0.2) is 49.1 Å². The zero-order chi connectivity index (χ0) is 14.5. The van der Waals surface area contributed by atoms with Crippen LogP contribution in [0.4, 0.5) is 0 Å². The Morgan fingerprint density at radius 1 is 1.40 bits per heavy atom. The number of allylic oxidation sites excluding steroid dienone is 1. The quantitative estimate of drug-likeness (QED) is 0.798. The van der Waals surface area contributed by atoms with E-state index in [0.717, 1.165) is 16.3 Å². The summed E-state index contributed by atoms with van der Waals surface area (Å²) in [5.41, 5.74) is 1.04. The molecule has 0 radical (unpaired) electrons. The number of fused-ring (bicyclic) bond motifs is 1. The zero-order valence-corrected chi connectivity index (χ0v) is 12.3. The van der Waals surface area contributed by atoms with E-state index in [1.807, 2.05) is 43.3 Å². The van der Waals surface area contributed by atoms with Crippen molar-refractivity contribution in [1.29, 1.82) is 0 Å². The van der Waals surface area contributed by atoms with Gasteiger partial charge in [0, 0.05) is 11.4 Å². The topological polar surface area (TPSA) is 29.1 Å². The van der Waals surface area contributed by atoms with Crippen LogP contribution in [0.5, 0.6) is 0 Å². The lowest BCUT2D eigenvalue weighted by atomic mass is 9.99. The summed E-state index contributed by atoms with van der Waals surface area (Å²) < 4.78 is 0. The molecule has 0 heterocycles. The molecule has 0 aliphatic carbocycles. The molecule has 0 bridgehead atoms. The highest BCUT2D eigenvalue weighted by molar-refractivity contribution is 6.31. The highest BCUT2D eigenvalue weighted by atomic mass is 35.5. The first-order valence-electron chi connectivity index (χ1n) is 6.70. The van der Waals surface area contributed by atoms with Crippen molar-refractivity contribution >= 4 is 28.3 Å². The fourth-order valence-corrected chi connectivity index (χ4v) is 2.52. The normalized spacial score (nSPS) is 12.1. The molecule has 3 heteroatoms. The Morgan fingerprint density at radius 3 is 2.90 bits per heavy atom. The number of carbonyl (C=O) groups is 1. The molecule has 0 unspecified atom stereocenters. The van der Waals surface area contributed by atoms with Gasteiger partial charge in [0.15, 0.2) is 0 Å². The molecule has 2 aromatic carbocycles. The summed E-state index contributed by atoms with van der Waals surface area (Å²) in [7, 11) is 0. The van der Waals surface area contributed by atoms with Gasteiger partial charge in [0.2, 0.25) is 5.91 Å². The number of amides is 1. The molecule has 0 saturated heterocycles. The molecule has 0 spiro atoms. The Balaban J connectivity index is 2.27. The number of halogens is 1. The van der Waals surface area contributed by atoms with Crippen molar-refractivity contribution in [1.82, 2.24) is 5.32 Å². The molecule has 1 amide bonds. The summed E-state index contributed by atoms with van der Waals surface area (Å²) in [4.78, 5) is 11.8. The number of hydrogen-bond donors (Lipinski definition) is 1. The van der Waals surface area contributed by atoms with E-state index in [1.54, 1.807) is 6.08 Å². The Bertz CT molecular complexity index is 636. The highest BCUT2D eigenvalue weighted by Gasteiger charge is 2.12. The minimum atomic E-state index is -0.0732. The lowest BCUT2D eigenvalue weighted by Gasteiger charge is -2.17. The van der Waals surface area contributed by atoms with E-state index in [2.05, 4.69) is 11.9 Å². The molecule has 0 aliphatic rings. The maximum atomic E-state index is 11.8. The number of benzene rings is 2. The molecule has 2 nitrogen and oxygen atoms in total. The van der Waals surface area contributed by atoms with Gasteiger partial charge in [-0.05, 0) is 41.8 Å². The van der Waals surface area contributed by atoms with Gasteiger partial charge in [0.05, 0.1) is 6.04 Å². The number of hydrogen-bond acceptors (Lipinski definition) is 1. The number of rotatable bonds is 5. The van der Waals surface area contributed by atoms with Crippen LogP contribution in [-0.4, -0.2) is 5.91 Å². The van der Waals surface area contributed by atoms with Crippen molar-refractivity contribution in [2.75, 3.05) is 0 Å². The van der Waals surface area contributed by atoms with E-state index in [0.29, 0.717) is 17.9 Å². The average molecular weight is 288 g/mol. The van der Waals surface area contributed by atoms with Gasteiger partial charge in [-0.2, -0.15) is 0 Å². The van der Waals surface area contributed by atoms with Crippen LogP contribution in [0, 0.1) is 0 Å². The smallest absolute Gasteiger partial charge is 0.220 e. The third-order valence-corrected chi connectivity index (χ3v) is 3.50. The maximum Gasteiger partial charge on any atom is 0.220 e. The molecular formula is C17H18ClNO. The van der Waals surface area contributed by atoms with E-state index in [1.165, 1.54) is 0 Å². The Hall–Kier alpha value is -1.80. The van der Waals surface area contributed by atoms with Crippen LogP contribution < -0.4 is 5.32 Å². The minimum Gasteiger partial charge on any atom is -0.350 e. The van der Waals surface area contributed by atoms with Crippen LogP contribution in [0.1, 0.15) is 31.4 Å². The monoisotopic (exact) mass is 287 g/mol. The minimum absolute atomic E-state index is 0.0291. The SMILES string of the molecule is C=CCCC(=O)N[C@@H](C)c1cc(Cl)cc2ccccc12. The summed E-state index contributed by atoms with van der Waals surface area (Å²) in [6, 6.07) is 11.8. The van der Waals surface area contributed by atoms with Gasteiger partial charge in [-0.3, -0.25) is 4.79 Å². The third kappa shape index (κ3) is 3.40. The van der Waals surface area contributed by atoms with E-state index in [9.17, 15) is 4.79 Å². The molecule has 1 atom stereocenters. The zero-order valence-electron chi connectivity index (χ0n) is 11.5. The van der Waals surface area contributed by atoms with Crippen LogP contribution in [0.3, 0.4) is 0 Å². The summed E-state index contributed by atoms with van der Waals surface area (Å²) in [5.74, 6) is 0.0291. The summed E-state index contributed by atoms with van der Waals surface area (Å²) >= 11 is 6.16. The van der Waals surface area contributed by atoms with E-state index < -0.39 is 0 Å². The van der Waals surface area contributed by atoms with Crippen molar-refractivity contribution in [2.45, 2.75) is 25.8 Å². The molecule has 2 rings (SSSR count). The van der Waals surface area contributed by atoms with Crippen LogP contribution in [-0.2, 0) is 4.79 Å². The first-order chi connectivity index (χ1) is 9.61. The van der Waals surface area contributed by atoms with Gasteiger partial charge in [0.25, 0.3) is 0 Å². The lowest BCUT2D eigenvalue weighted by Crippen LogP contribution is -2.26. The second-order valence-electron chi connectivity index (χ2n) is 4.83. The van der Waals surface area contributed by atoms with Crippen molar-refractivity contribution in [3.63, 3.8) is 0 Å². The Labute approximate surface area is 124 Å². The summed E-state index contributed by atoms with van der Waals surface area (Å²) in [5, 5.41) is 5.90. The Kier molecular flexibility index (Phi) is 4.80. The Morgan fingerprint density at radius 2 is 2.15 bits per heavy atom. The maximum absolute atomic E-state index is 11.8. The predicted octanol–water partition coefficient (Wildman–Crippen LogP) is 4.64. The molecule has 0 saturated carbocycles. The van der Waals surface area contributed by atoms with Crippen molar-refractivity contribution in [2.24, 2.45) is 0 Å². The fraction of sp³-hybridized carbons (Fsp3) is 0.235. The van der Waals surface area contributed by atoms with Gasteiger partial charge >= 0.3 is 0 Å². The average Bonchev–Trinajstić information content (AvgIpc) is 2.44. The van der Waals surface area contributed by atoms with E-state index >= 15 is 0 Å². The molecule has 0 aliphatic heterocycles. The van der Waals surface area contributed by atoms with Gasteiger partial charge < -0.3 is 5.32 Å². The van der Waals surface area contributed by atoms with Gasteiger partial charge in [-0.15, -0.1) is 6.58 Å². The first kappa shape index (κ1) is 14.6. The third-order valence-electron chi connectivity index (χ3n) is 3.28. The fourth-order valence-electron chi connectivity index (χ4n) is 2.29. The second-order valence-corrected chi connectivity index (χ2v) is 5.27. The summed E-state index contributed by atoms with van der Waals surface area (Å²) in [6.45, 7) is 5.60. The molecule has 104 valence electrons. The standard InChI is InChI=1S/C17H18ClNO/c1-3-4-9-17(20)19-12(2)16-11-14(18)10-13-7-5-6-8-15(13)16/h3,5-8,10-12H,1,4,9H2,2H3,(H,19,20)/t12-/m0/s1. The summed E-state index contributed by atoms with van der Waals surface area (Å²) in [6.07, 6.45) is 2.90. The molecular weight excluding hydrogens is 270 g/mol. The van der Waals surface area contributed by atoms with Gasteiger partial charge in [0.1, 0.15) is 0 Å². The highest BCUT2D eigenvalue weighted by Crippen LogP contribution is 2.28. The largest absolute Gasteiger partial charge is 0.350 e. The van der Waals surface area contributed by atoms with Crippen LogP contribution in [0.25, 0.3) is 10.8 Å². The number of carbonyl (C=O) groups excluding carboxylic acids is 1. The number of nitrogens with one attached hydrogen (secondary N) is 1. The van der Waals surface area contributed by atoms with Gasteiger partial charge in [-0.1, -0.05) is 41.9 Å². The molecule has 0 fully saturated rings. The lowest BCUT2D eigenvalue weighted by molar-refractivity contribution is -0.121. The van der Waals surface area contributed by atoms with Crippen molar-refractivity contribution in [3.8, 4) is 0 Å². The van der Waals surface area contributed by atoms with Crippen LogP contribution >= 0.6 is 11.6 Å². The molecule has 1 N–H and O–H groups in total. The first-order valence-corrected chi connectivity index (χ1v) is 7.08. The predicted molar refractivity (Wildman–Crippen MR) is 84.9 cm³/mol. The molecule has 20 heavy (non-hydrogen) atoms. The van der Waals surface area contributed by atoms with E-state index in [-0.39, 0.29) is 11.9 Å². The molecule has 2 aromatic rings. The van der Waals surface area contributed by atoms with Crippen molar-refractivity contribution in [3.05, 3.63) is 59.6 Å². The van der Waals surface area contributed by atoms with Gasteiger partial charge in [-0.25, -0.2) is 0 Å². The van der Waals surface area contributed by atoms with Crippen molar-refractivity contribution < 1.29 is 4.79 Å². The van der Waals surface area contributed by atoms with Crippen LogP contribution in [0.2, 0.25) is 5.02 Å². The second kappa shape index (κ2) is 6.58. The molecule has 0 aromatic heterocycles. The van der Waals surface area contributed by atoms with E-state index in [4.69, 9.17) is 11.6 Å².